The Hall–Kier alpha value is -1.00. The van der Waals surface area contributed by atoms with Gasteiger partial charge in [-0.25, -0.2) is 9.97 Å². The van der Waals surface area contributed by atoms with E-state index in [0.717, 1.165) is 44.3 Å². The zero-order valence-electron chi connectivity index (χ0n) is 13.1. The van der Waals surface area contributed by atoms with Gasteiger partial charge < -0.3 is 10.1 Å². The molecule has 1 N–H and O–H groups in total. The van der Waals surface area contributed by atoms with Crippen LogP contribution in [0.1, 0.15) is 55.1 Å². The van der Waals surface area contributed by atoms with Crippen molar-refractivity contribution < 1.29 is 4.74 Å². The maximum absolute atomic E-state index is 5.07. The number of aromatic nitrogens is 2. The van der Waals surface area contributed by atoms with E-state index in [-0.39, 0.29) is 0 Å². The summed E-state index contributed by atoms with van der Waals surface area (Å²) in [6.45, 7) is 2.81. The first-order chi connectivity index (χ1) is 10.4. The highest BCUT2D eigenvalue weighted by Crippen LogP contribution is 2.33. The van der Waals surface area contributed by atoms with Gasteiger partial charge in [-0.2, -0.15) is 0 Å². The minimum absolute atomic E-state index is 0.628. The van der Waals surface area contributed by atoms with Crippen LogP contribution in [0.15, 0.2) is 6.20 Å². The summed E-state index contributed by atoms with van der Waals surface area (Å²) in [7, 11) is 1.75. The molecule has 116 valence electrons. The predicted molar refractivity (Wildman–Crippen MR) is 83.5 cm³/mol. The monoisotopic (exact) mass is 289 g/mol. The predicted octanol–water partition coefficient (Wildman–Crippen LogP) is 2.48. The number of aryl methyl sites for hydroxylation is 1. The Morgan fingerprint density at radius 3 is 2.95 bits per heavy atom. The molecular formula is C17H27N3O. The summed E-state index contributed by atoms with van der Waals surface area (Å²) >= 11 is 0. The molecule has 21 heavy (non-hydrogen) atoms. The fourth-order valence-corrected chi connectivity index (χ4v) is 3.63. The summed E-state index contributed by atoms with van der Waals surface area (Å²) < 4.78 is 5.07. The summed E-state index contributed by atoms with van der Waals surface area (Å²) in [5.74, 6) is 2.46. The van der Waals surface area contributed by atoms with E-state index >= 15 is 0 Å². The molecule has 1 aromatic heterocycles. The van der Waals surface area contributed by atoms with Crippen LogP contribution in [0.25, 0.3) is 0 Å². The van der Waals surface area contributed by atoms with Gasteiger partial charge in [0, 0.05) is 31.5 Å². The molecule has 0 saturated heterocycles. The molecular weight excluding hydrogens is 262 g/mol. The van der Waals surface area contributed by atoms with E-state index in [4.69, 9.17) is 9.72 Å². The molecule has 1 atom stereocenters. The molecule has 2 aliphatic rings. The Morgan fingerprint density at radius 2 is 2.14 bits per heavy atom. The van der Waals surface area contributed by atoms with Crippen LogP contribution in [-0.2, 0) is 17.6 Å². The molecule has 1 aromatic rings. The number of methoxy groups -OCH3 is 1. The first kappa shape index (κ1) is 14.9. The minimum Gasteiger partial charge on any atom is -0.383 e. The number of hydrogen-bond acceptors (Lipinski definition) is 4. The lowest BCUT2D eigenvalue weighted by molar-refractivity contribution is 0.197. The minimum atomic E-state index is 0.628. The van der Waals surface area contributed by atoms with Crippen LogP contribution in [0, 0.1) is 5.92 Å². The molecule has 3 rings (SSSR count). The first-order valence-electron chi connectivity index (χ1n) is 8.41. The molecule has 0 aliphatic heterocycles. The van der Waals surface area contributed by atoms with Gasteiger partial charge in [0.05, 0.1) is 6.61 Å². The average Bonchev–Trinajstić information content (AvgIpc) is 3.05. The van der Waals surface area contributed by atoms with Gasteiger partial charge in [-0.15, -0.1) is 0 Å². The van der Waals surface area contributed by atoms with E-state index in [9.17, 15) is 0 Å². The van der Waals surface area contributed by atoms with E-state index in [1.165, 1.54) is 43.4 Å². The molecule has 1 saturated carbocycles. The standard InChI is InChI=1S/C17H27N3O/c1-21-9-8-18-11-13-6-7-16-15(10-13)12-19-17(20-16)14-4-2-3-5-14/h12-14,18H,2-11H2,1H3. The fraction of sp³-hybridized carbons (Fsp3) is 0.765. The van der Waals surface area contributed by atoms with Crippen LogP contribution >= 0.6 is 0 Å². The second kappa shape index (κ2) is 7.32. The Morgan fingerprint density at radius 1 is 1.29 bits per heavy atom. The smallest absolute Gasteiger partial charge is 0.131 e. The maximum atomic E-state index is 5.07. The summed E-state index contributed by atoms with van der Waals surface area (Å²) in [5.41, 5.74) is 2.70. The number of rotatable bonds is 6. The molecule has 4 heteroatoms. The van der Waals surface area contributed by atoms with Crippen molar-refractivity contribution in [2.75, 3.05) is 26.8 Å². The fourth-order valence-electron chi connectivity index (χ4n) is 3.63. The van der Waals surface area contributed by atoms with Gasteiger partial charge in [-0.3, -0.25) is 0 Å². The van der Waals surface area contributed by atoms with Gasteiger partial charge in [0.25, 0.3) is 0 Å². The summed E-state index contributed by atoms with van der Waals surface area (Å²) in [6, 6.07) is 0. The van der Waals surface area contributed by atoms with Gasteiger partial charge in [0.1, 0.15) is 5.82 Å². The van der Waals surface area contributed by atoms with Crippen LogP contribution in [0.4, 0.5) is 0 Å². The van der Waals surface area contributed by atoms with Crippen molar-refractivity contribution in [2.24, 2.45) is 5.92 Å². The van der Waals surface area contributed by atoms with Gasteiger partial charge in [0.15, 0.2) is 0 Å². The van der Waals surface area contributed by atoms with Crippen molar-refractivity contribution >= 4 is 0 Å². The molecule has 0 amide bonds. The highest BCUT2D eigenvalue weighted by atomic mass is 16.5. The topological polar surface area (TPSA) is 47.0 Å². The maximum Gasteiger partial charge on any atom is 0.131 e. The SMILES string of the molecule is COCCNCC1CCc2nc(C3CCCC3)ncc2C1. The van der Waals surface area contributed by atoms with Crippen molar-refractivity contribution in [3.8, 4) is 0 Å². The van der Waals surface area contributed by atoms with Crippen molar-refractivity contribution in [3.05, 3.63) is 23.3 Å². The zero-order valence-corrected chi connectivity index (χ0v) is 13.1. The number of nitrogens with one attached hydrogen (secondary N) is 1. The summed E-state index contributed by atoms with van der Waals surface area (Å²) in [4.78, 5) is 9.55. The molecule has 0 spiro atoms. The van der Waals surface area contributed by atoms with Crippen molar-refractivity contribution in [1.29, 1.82) is 0 Å². The Kier molecular flexibility index (Phi) is 5.20. The number of hydrogen-bond donors (Lipinski definition) is 1. The van der Waals surface area contributed by atoms with Crippen molar-refractivity contribution in [1.82, 2.24) is 15.3 Å². The second-order valence-corrected chi connectivity index (χ2v) is 6.49. The van der Waals surface area contributed by atoms with E-state index in [2.05, 4.69) is 16.5 Å². The Bertz CT molecular complexity index is 457. The van der Waals surface area contributed by atoms with E-state index in [1.807, 2.05) is 0 Å². The normalized spacial score (nSPS) is 22.4. The van der Waals surface area contributed by atoms with Crippen LogP contribution in [0.2, 0.25) is 0 Å². The van der Waals surface area contributed by atoms with Gasteiger partial charge in [-0.05, 0) is 50.1 Å². The summed E-state index contributed by atoms with van der Waals surface area (Å²) in [5, 5.41) is 3.48. The average molecular weight is 289 g/mol. The van der Waals surface area contributed by atoms with Crippen LogP contribution < -0.4 is 5.32 Å². The number of nitrogens with zero attached hydrogens (tertiary/aromatic N) is 2. The lowest BCUT2D eigenvalue weighted by atomic mass is 9.87. The third-order valence-corrected chi connectivity index (χ3v) is 4.91. The number of fused-ring (bicyclic) bond motifs is 1. The second-order valence-electron chi connectivity index (χ2n) is 6.49. The lowest BCUT2D eigenvalue weighted by Gasteiger charge is -2.24. The molecule has 0 bridgehead atoms. The van der Waals surface area contributed by atoms with Crippen molar-refractivity contribution in [3.63, 3.8) is 0 Å². The number of ether oxygens (including phenoxy) is 1. The highest BCUT2D eigenvalue weighted by molar-refractivity contribution is 5.22. The Labute approximate surface area is 127 Å². The quantitative estimate of drug-likeness (QED) is 0.817. The lowest BCUT2D eigenvalue weighted by Crippen LogP contribution is -2.30. The molecule has 0 aromatic carbocycles. The Balaban J connectivity index is 1.56. The van der Waals surface area contributed by atoms with E-state index in [0.29, 0.717) is 5.92 Å². The van der Waals surface area contributed by atoms with Crippen LogP contribution in [0.3, 0.4) is 0 Å². The molecule has 0 radical (unpaired) electrons. The van der Waals surface area contributed by atoms with Gasteiger partial charge in [0.2, 0.25) is 0 Å². The van der Waals surface area contributed by atoms with Crippen molar-refractivity contribution in [2.45, 2.75) is 50.9 Å². The van der Waals surface area contributed by atoms with E-state index < -0.39 is 0 Å². The van der Waals surface area contributed by atoms with Crippen LogP contribution in [-0.4, -0.2) is 36.8 Å². The largest absolute Gasteiger partial charge is 0.383 e. The third-order valence-electron chi connectivity index (χ3n) is 4.91. The first-order valence-corrected chi connectivity index (χ1v) is 8.41. The molecule has 4 nitrogen and oxygen atoms in total. The van der Waals surface area contributed by atoms with E-state index in [1.54, 1.807) is 7.11 Å². The molecule has 1 unspecified atom stereocenters. The van der Waals surface area contributed by atoms with Gasteiger partial charge >= 0.3 is 0 Å². The molecule has 1 heterocycles. The van der Waals surface area contributed by atoms with Crippen LogP contribution in [0.5, 0.6) is 0 Å². The zero-order chi connectivity index (χ0) is 14.5. The third kappa shape index (κ3) is 3.80. The molecule has 1 fully saturated rings. The van der Waals surface area contributed by atoms with Gasteiger partial charge in [-0.1, -0.05) is 12.8 Å². The molecule has 2 aliphatic carbocycles. The highest BCUT2D eigenvalue weighted by Gasteiger charge is 2.24. The summed E-state index contributed by atoms with van der Waals surface area (Å²) in [6.07, 6.45) is 10.9.